The second-order valence-corrected chi connectivity index (χ2v) is 6.62. The summed E-state index contributed by atoms with van der Waals surface area (Å²) in [5.41, 5.74) is 3.89. The van der Waals surface area contributed by atoms with Crippen molar-refractivity contribution >= 4 is 33.6 Å². The van der Waals surface area contributed by atoms with E-state index in [1.54, 1.807) is 47.3 Å². The summed E-state index contributed by atoms with van der Waals surface area (Å²) in [6, 6.07) is 13.5. The van der Waals surface area contributed by atoms with Crippen LogP contribution in [0.3, 0.4) is 0 Å². The Balaban J connectivity index is 1.77. The molecule has 0 bridgehead atoms. The fraction of sp³-hybridized carbons (Fsp3) is 0.105. The van der Waals surface area contributed by atoms with Crippen molar-refractivity contribution in [2.24, 2.45) is 7.05 Å². The minimum Gasteiger partial charge on any atom is -0.308 e. The van der Waals surface area contributed by atoms with E-state index >= 15 is 0 Å². The van der Waals surface area contributed by atoms with Crippen LogP contribution in [0.25, 0.3) is 11.3 Å². The summed E-state index contributed by atoms with van der Waals surface area (Å²) in [6.07, 6.45) is 1.72. The third-order valence-electron chi connectivity index (χ3n) is 3.91. The van der Waals surface area contributed by atoms with E-state index in [1.807, 2.05) is 26.1 Å². The van der Waals surface area contributed by atoms with Crippen LogP contribution in [0.15, 0.2) is 59.2 Å². The largest absolute Gasteiger partial charge is 0.326 e. The van der Waals surface area contributed by atoms with E-state index in [0.717, 1.165) is 21.3 Å². The first-order chi connectivity index (χ1) is 12.5. The van der Waals surface area contributed by atoms with Gasteiger partial charge in [-0.15, -0.1) is 0 Å². The summed E-state index contributed by atoms with van der Waals surface area (Å²) < 4.78 is 2.62. The molecule has 0 spiro atoms. The number of amides is 3. The number of nitrogens with one attached hydrogen (secondary N) is 2. The van der Waals surface area contributed by atoms with E-state index in [4.69, 9.17) is 0 Å². The van der Waals surface area contributed by atoms with Gasteiger partial charge in [-0.1, -0.05) is 24.3 Å². The van der Waals surface area contributed by atoms with E-state index in [1.165, 1.54) is 0 Å². The number of urea groups is 1. The van der Waals surface area contributed by atoms with E-state index < -0.39 is 11.9 Å². The number of nitrogens with zero attached hydrogens (tertiary/aromatic N) is 2. The molecule has 0 radical (unpaired) electrons. The Morgan fingerprint density at radius 2 is 1.85 bits per heavy atom. The normalized spacial score (nSPS) is 10.4. The number of aromatic nitrogens is 2. The second kappa shape index (κ2) is 7.53. The molecule has 0 fully saturated rings. The lowest BCUT2D eigenvalue weighted by Crippen LogP contribution is -2.34. The maximum atomic E-state index is 12.1. The van der Waals surface area contributed by atoms with Crippen LogP contribution in [0.5, 0.6) is 0 Å². The Morgan fingerprint density at radius 1 is 1.12 bits per heavy atom. The fourth-order valence-electron chi connectivity index (χ4n) is 2.60. The van der Waals surface area contributed by atoms with Gasteiger partial charge in [0.2, 0.25) is 0 Å². The van der Waals surface area contributed by atoms with Gasteiger partial charge in [-0.2, -0.15) is 5.10 Å². The summed E-state index contributed by atoms with van der Waals surface area (Å²) in [5.74, 6) is -0.454. The van der Waals surface area contributed by atoms with Crippen molar-refractivity contribution < 1.29 is 9.59 Å². The molecule has 3 amide bonds. The molecule has 132 valence electrons. The molecule has 3 aromatic rings. The highest BCUT2D eigenvalue weighted by molar-refractivity contribution is 9.10. The number of halogens is 1. The summed E-state index contributed by atoms with van der Waals surface area (Å²) in [6.45, 7) is 1.98. The average molecular weight is 413 g/mol. The van der Waals surface area contributed by atoms with Gasteiger partial charge in [0.05, 0.1) is 16.4 Å². The van der Waals surface area contributed by atoms with Gasteiger partial charge in [0.1, 0.15) is 0 Å². The molecule has 1 heterocycles. The zero-order valence-corrected chi connectivity index (χ0v) is 15.9. The summed E-state index contributed by atoms with van der Waals surface area (Å²) in [7, 11) is 1.85. The smallest absolute Gasteiger partial charge is 0.308 e. The lowest BCUT2D eigenvalue weighted by molar-refractivity contribution is 0.0967. The molecule has 0 unspecified atom stereocenters. The Hall–Kier alpha value is -2.93. The van der Waals surface area contributed by atoms with Crippen LogP contribution < -0.4 is 10.6 Å². The molecular weight excluding hydrogens is 396 g/mol. The maximum Gasteiger partial charge on any atom is 0.326 e. The predicted molar refractivity (Wildman–Crippen MR) is 104 cm³/mol. The Bertz CT molecular complexity index is 947. The molecule has 26 heavy (non-hydrogen) atoms. The van der Waals surface area contributed by atoms with Crippen LogP contribution in [0, 0.1) is 6.92 Å². The number of aryl methyl sites for hydroxylation is 2. The number of hydrogen-bond acceptors (Lipinski definition) is 3. The number of carbonyl (C=O) groups excluding carboxylic acids is 2. The molecule has 2 aromatic carbocycles. The second-order valence-electron chi connectivity index (χ2n) is 5.77. The van der Waals surface area contributed by atoms with Crippen molar-refractivity contribution in [1.29, 1.82) is 0 Å². The van der Waals surface area contributed by atoms with E-state index in [9.17, 15) is 9.59 Å². The summed E-state index contributed by atoms with van der Waals surface area (Å²) in [4.78, 5) is 24.2. The Morgan fingerprint density at radius 3 is 2.50 bits per heavy atom. The van der Waals surface area contributed by atoms with Gasteiger partial charge in [0.25, 0.3) is 5.91 Å². The monoisotopic (exact) mass is 412 g/mol. The van der Waals surface area contributed by atoms with Gasteiger partial charge in [0, 0.05) is 23.9 Å². The molecule has 0 atom stereocenters. The van der Waals surface area contributed by atoms with Gasteiger partial charge in [-0.3, -0.25) is 14.8 Å². The lowest BCUT2D eigenvalue weighted by atomic mass is 10.0. The number of imide groups is 1. The van der Waals surface area contributed by atoms with Crippen LogP contribution in [0.4, 0.5) is 10.5 Å². The summed E-state index contributed by atoms with van der Waals surface area (Å²) >= 11 is 3.49. The number of anilines is 1. The van der Waals surface area contributed by atoms with Crippen LogP contribution in [-0.2, 0) is 7.05 Å². The van der Waals surface area contributed by atoms with E-state index in [2.05, 4.69) is 31.7 Å². The van der Waals surface area contributed by atoms with Gasteiger partial charge in [-0.25, -0.2) is 4.79 Å². The molecule has 0 saturated heterocycles. The Kier molecular flexibility index (Phi) is 5.18. The average Bonchev–Trinajstić information content (AvgIpc) is 2.96. The van der Waals surface area contributed by atoms with E-state index in [0.29, 0.717) is 11.3 Å². The summed E-state index contributed by atoms with van der Waals surface area (Å²) in [5, 5.41) is 9.24. The first-order valence-electron chi connectivity index (χ1n) is 7.91. The third-order valence-corrected chi connectivity index (χ3v) is 4.49. The van der Waals surface area contributed by atoms with Crippen molar-refractivity contribution in [2.75, 3.05) is 5.32 Å². The molecular formula is C19H17BrN4O2. The number of rotatable bonds is 3. The third kappa shape index (κ3) is 3.83. The van der Waals surface area contributed by atoms with E-state index in [-0.39, 0.29) is 0 Å². The molecule has 0 aliphatic heterocycles. The highest BCUT2D eigenvalue weighted by Crippen LogP contribution is 2.31. The number of hydrogen-bond donors (Lipinski definition) is 2. The molecule has 6 nitrogen and oxygen atoms in total. The maximum absolute atomic E-state index is 12.1. The van der Waals surface area contributed by atoms with Gasteiger partial charge in [0.15, 0.2) is 0 Å². The molecule has 0 aliphatic rings. The van der Waals surface area contributed by atoms with Gasteiger partial charge in [-0.05, 0) is 52.7 Å². The first-order valence-corrected chi connectivity index (χ1v) is 8.71. The van der Waals surface area contributed by atoms with Crippen LogP contribution in [0.1, 0.15) is 15.9 Å². The fourth-order valence-corrected chi connectivity index (χ4v) is 3.16. The Labute approximate surface area is 159 Å². The van der Waals surface area contributed by atoms with Crippen LogP contribution in [0.2, 0.25) is 0 Å². The standard InChI is InChI=1S/C19H17BrN4O2/c1-12-8-9-14(10-15(12)17-16(20)11-21-24(17)2)22-19(26)23-18(25)13-6-4-3-5-7-13/h3-11H,1-2H3,(H2,22,23,25,26). The van der Waals surface area contributed by atoms with Crippen LogP contribution in [-0.4, -0.2) is 21.7 Å². The minimum atomic E-state index is -0.585. The molecule has 0 aliphatic carbocycles. The highest BCUT2D eigenvalue weighted by Gasteiger charge is 2.14. The number of benzene rings is 2. The van der Waals surface area contributed by atoms with Crippen molar-refractivity contribution in [3.05, 3.63) is 70.3 Å². The highest BCUT2D eigenvalue weighted by atomic mass is 79.9. The zero-order chi connectivity index (χ0) is 18.7. The minimum absolute atomic E-state index is 0.422. The van der Waals surface area contributed by atoms with Gasteiger partial charge >= 0.3 is 6.03 Å². The van der Waals surface area contributed by atoms with Crippen molar-refractivity contribution in [2.45, 2.75) is 6.92 Å². The molecule has 7 heteroatoms. The van der Waals surface area contributed by atoms with Crippen molar-refractivity contribution in [1.82, 2.24) is 15.1 Å². The first kappa shape index (κ1) is 17.9. The van der Waals surface area contributed by atoms with Crippen LogP contribution >= 0.6 is 15.9 Å². The lowest BCUT2D eigenvalue weighted by Gasteiger charge is -2.12. The molecule has 1 aromatic heterocycles. The quantitative estimate of drug-likeness (QED) is 0.678. The number of carbonyl (C=O) groups is 2. The van der Waals surface area contributed by atoms with Crippen molar-refractivity contribution in [3.63, 3.8) is 0 Å². The van der Waals surface area contributed by atoms with Crippen molar-refractivity contribution in [3.8, 4) is 11.3 Å². The SMILES string of the molecule is Cc1ccc(NC(=O)NC(=O)c2ccccc2)cc1-c1c(Br)cnn1C. The molecule has 0 saturated carbocycles. The topological polar surface area (TPSA) is 76.0 Å². The molecule has 2 N–H and O–H groups in total. The predicted octanol–water partition coefficient (Wildman–Crippen LogP) is 4.12. The zero-order valence-electron chi connectivity index (χ0n) is 14.3. The van der Waals surface area contributed by atoms with Gasteiger partial charge < -0.3 is 5.32 Å². The molecule has 3 rings (SSSR count).